The molecule has 1 N–H and O–H groups in total. The molecular weight excluding hydrogens is 450 g/mol. The number of anilines is 1. The Hall–Kier alpha value is -2.67. The summed E-state index contributed by atoms with van der Waals surface area (Å²) in [6.45, 7) is 6.12. The topological polar surface area (TPSA) is 62.0 Å². The first-order chi connectivity index (χ1) is 17.7. The minimum absolute atomic E-state index is 0.200. The summed E-state index contributed by atoms with van der Waals surface area (Å²) in [5.41, 5.74) is 4.23. The predicted octanol–water partition coefficient (Wildman–Crippen LogP) is 5.31. The van der Waals surface area contributed by atoms with E-state index in [0.717, 1.165) is 67.2 Å². The smallest absolute Gasteiger partial charge is 0.232 e. The summed E-state index contributed by atoms with van der Waals surface area (Å²) >= 11 is 0. The number of aliphatic hydroxyl groups excluding tert-OH is 1. The SMILES string of the molecule is CC1CCCCN1c1onc(-c2ccccc2)c1CN(CC(O)Cc1ccccc1)CC1CCCO1. The van der Waals surface area contributed by atoms with E-state index < -0.39 is 6.10 Å². The minimum Gasteiger partial charge on any atom is -0.391 e. The summed E-state index contributed by atoms with van der Waals surface area (Å²) in [4.78, 5) is 4.74. The molecule has 3 atom stereocenters. The molecule has 5 rings (SSSR count). The van der Waals surface area contributed by atoms with E-state index in [4.69, 9.17) is 9.26 Å². The zero-order chi connectivity index (χ0) is 24.7. The largest absolute Gasteiger partial charge is 0.391 e. The Bertz CT molecular complexity index is 1070. The molecule has 2 fully saturated rings. The number of rotatable bonds is 10. The third kappa shape index (κ3) is 6.17. The van der Waals surface area contributed by atoms with Crippen molar-refractivity contribution in [2.24, 2.45) is 0 Å². The van der Waals surface area contributed by atoms with Crippen LogP contribution in [0.15, 0.2) is 65.2 Å². The number of hydrogen-bond acceptors (Lipinski definition) is 6. The maximum absolute atomic E-state index is 11.1. The van der Waals surface area contributed by atoms with E-state index in [1.807, 2.05) is 36.4 Å². The Balaban J connectivity index is 1.43. The molecule has 0 radical (unpaired) electrons. The van der Waals surface area contributed by atoms with E-state index in [9.17, 15) is 5.11 Å². The van der Waals surface area contributed by atoms with Crippen LogP contribution < -0.4 is 4.90 Å². The maximum atomic E-state index is 11.1. The van der Waals surface area contributed by atoms with Crippen molar-refractivity contribution in [2.45, 2.75) is 70.2 Å². The van der Waals surface area contributed by atoms with E-state index in [0.29, 0.717) is 25.6 Å². The van der Waals surface area contributed by atoms with Crippen LogP contribution in [0.2, 0.25) is 0 Å². The third-order valence-electron chi connectivity index (χ3n) is 7.53. The molecule has 0 amide bonds. The molecule has 3 aromatic rings. The predicted molar refractivity (Wildman–Crippen MR) is 143 cm³/mol. The Labute approximate surface area is 214 Å². The fourth-order valence-corrected chi connectivity index (χ4v) is 5.64. The van der Waals surface area contributed by atoms with Crippen LogP contribution in [0.1, 0.15) is 50.2 Å². The monoisotopic (exact) mass is 489 g/mol. The molecule has 0 spiro atoms. The molecule has 192 valence electrons. The molecular formula is C30H39N3O3. The molecule has 0 aliphatic carbocycles. The molecule has 0 saturated carbocycles. The fraction of sp³-hybridized carbons (Fsp3) is 0.500. The van der Waals surface area contributed by atoms with Crippen LogP contribution in [0, 0.1) is 0 Å². The second-order valence-corrected chi connectivity index (χ2v) is 10.4. The Morgan fingerprint density at radius 2 is 1.81 bits per heavy atom. The van der Waals surface area contributed by atoms with E-state index in [2.05, 4.69) is 46.1 Å². The first-order valence-corrected chi connectivity index (χ1v) is 13.5. The molecule has 3 heterocycles. The van der Waals surface area contributed by atoms with Crippen LogP contribution in [-0.2, 0) is 17.7 Å². The summed E-state index contributed by atoms with van der Waals surface area (Å²) in [7, 11) is 0. The fourth-order valence-electron chi connectivity index (χ4n) is 5.64. The number of aromatic nitrogens is 1. The van der Waals surface area contributed by atoms with Gasteiger partial charge in [0.15, 0.2) is 0 Å². The molecule has 1 aromatic heterocycles. The van der Waals surface area contributed by atoms with Crippen molar-refractivity contribution in [2.75, 3.05) is 31.1 Å². The van der Waals surface area contributed by atoms with Gasteiger partial charge in [0.2, 0.25) is 5.88 Å². The molecule has 2 aliphatic heterocycles. The summed E-state index contributed by atoms with van der Waals surface area (Å²) in [6.07, 6.45) is 6.12. The van der Waals surface area contributed by atoms with E-state index in [-0.39, 0.29) is 6.10 Å². The van der Waals surface area contributed by atoms with E-state index in [1.165, 1.54) is 12.8 Å². The van der Waals surface area contributed by atoms with Crippen molar-refractivity contribution >= 4 is 5.88 Å². The van der Waals surface area contributed by atoms with E-state index >= 15 is 0 Å². The lowest BCUT2D eigenvalue weighted by molar-refractivity contribution is 0.0465. The van der Waals surface area contributed by atoms with Gasteiger partial charge < -0.3 is 19.3 Å². The minimum atomic E-state index is -0.466. The molecule has 36 heavy (non-hydrogen) atoms. The zero-order valence-electron chi connectivity index (χ0n) is 21.4. The normalized spacial score (nSPS) is 21.2. The van der Waals surface area contributed by atoms with Gasteiger partial charge in [0.05, 0.1) is 17.8 Å². The van der Waals surface area contributed by atoms with Crippen molar-refractivity contribution in [3.05, 3.63) is 71.8 Å². The van der Waals surface area contributed by atoms with Crippen molar-refractivity contribution in [1.82, 2.24) is 10.1 Å². The average Bonchev–Trinajstić information content (AvgIpc) is 3.56. The number of piperidine rings is 1. The van der Waals surface area contributed by atoms with Crippen LogP contribution in [-0.4, -0.2) is 59.7 Å². The van der Waals surface area contributed by atoms with Gasteiger partial charge in [-0.1, -0.05) is 65.8 Å². The molecule has 2 saturated heterocycles. The lowest BCUT2D eigenvalue weighted by Gasteiger charge is -2.34. The Morgan fingerprint density at radius 3 is 2.53 bits per heavy atom. The van der Waals surface area contributed by atoms with Crippen LogP contribution in [0.3, 0.4) is 0 Å². The van der Waals surface area contributed by atoms with Gasteiger partial charge in [-0.05, 0) is 51.0 Å². The van der Waals surface area contributed by atoms with E-state index in [1.54, 1.807) is 0 Å². The Kier molecular flexibility index (Phi) is 8.36. The second kappa shape index (κ2) is 12.0. The highest BCUT2D eigenvalue weighted by Gasteiger charge is 2.30. The highest BCUT2D eigenvalue weighted by molar-refractivity contribution is 5.68. The van der Waals surface area contributed by atoms with Crippen LogP contribution >= 0.6 is 0 Å². The van der Waals surface area contributed by atoms with Gasteiger partial charge in [0.25, 0.3) is 0 Å². The summed E-state index contributed by atoms with van der Waals surface area (Å²) in [5, 5.41) is 15.7. The third-order valence-corrected chi connectivity index (χ3v) is 7.53. The van der Waals surface area contributed by atoms with Gasteiger partial charge >= 0.3 is 0 Å². The molecule has 6 heteroatoms. The molecule has 2 aromatic carbocycles. The highest BCUT2D eigenvalue weighted by Crippen LogP contribution is 2.35. The second-order valence-electron chi connectivity index (χ2n) is 10.4. The molecule has 3 unspecified atom stereocenters. The van der Waals surface area contributed by atoms with Crippen LogP contribution in [0.5, 0.6) is 0 Å². The molecule has 0 bridgehead atoms. The Morgan fingerprint density at radius 1 is 1.03 bits per heavy atom. The lowest BCUT2D eigenvalue weighted by atomic mass is 10.0. The number of hydrogen-bond donors (Lipinski definition) is 1. The van der Waals surface area contributed by atoms with Crippen molar-refractivity contribution in [3.63, 3.8) is 0 Å². The summed E-state index contributed by atoms with van der Waals surface area (Å²) in [5.74, 6) is 0.885. The highest BCUT2D eigenvalue weighted by atomic mass is 16.5. The first kappa shape index (κ1) is 25.0. The maximum Gasteiger partial charge on any atom is 0.232 e. The van der Waals surface area contributed by atoms with Gasteiger partial charge in [0, 0.05) is 44.4 Å². The summed E-state index contributed by atoms with van der Waals surface area (Å²) < 4.78 is 12.1. The number of aliphatic hydroxyl groups is 1. The number of ether oxygens (including phenoxy) is 1. The number of nitrogens with zero attached hydrogens (tertiary/aromatic N) is 3. The van der Waals surface area contributed by atoms with Gasteiger partial charge in [-0.3, -0.25) is 4.90 Å². The zero-order valence-corrected chi connectivity index (χ0v) is 21.4. The first-order valence-electron chi connectivity index (χ1n) is 13.5. The standard InChI is InChI=1S/C30H39N3O3/c1-23-11-8-9-17-33(23)30-28(29(31-36-30)25-14-6-3-7-15-25)22-32(21-27-16-10-18-35-27)20-26(34)19-24-12-4-2-5-13-24/h2-7,12-15,23,26-27,34H,8-11,16-22H2,1H3. The van der Waals surface area contributed by atoms with Gasteiger partial charge in [-0.2, -0.15) is 0 Å². The lowest BCUT2D eigenvalue weighted by Crippen LogP contribution is -2.40. The van der Waals surface area contributed by atoms with Gasteiger partial charge in [0.1, 0.15) is 5.69 Å². The molecule has 2 aliphatic rings. The van der Waals surface area contributed by atoms with Crippen molar-refractivity contribution in [3.8, 4) is 11.3 Å². The van der Waals surface area contributed by atoms with Gasteiger partial charge in [-0.15, -0.1) is 0 Å². The number of benzene rings is 2. The van der Waals surface area contributed by atoms with Gasteiger partial charge in [-0.25, -0.2) is 0 Å². The molecule has 6 nitrogen and oxygen atoms in total. The average molecular weight is 490 g/mol. The van der Waals surface area contributed by atoms with Crippen LogP contribution in [0.25, 0.3) is 11.3 Å². The summed E-state index contributed by atoms with van der Waals surface area (Å²) in [6, 6.07) is 21.0. The van der Waals surface area contributed by atoms with Crippen molar-refractivity contribution < 1.29 is 14.4 Å². The van der Waals surface area contributed by atoms with Crippen molar-refractivity contribution in [1.29, 1.82) is 0 Å². The van der Waals surface area contributed by atoms with Crippen LogP contribution in [0.4, 0.5) is 5.88 Å². The quantitative estimate of drug-likeness (QED) is 0.417.